The lowest BCUT2D eigenvalue weighted by Gasteiger charge is -2.39. The average molecular weight is 264 g/mol. The van der Waals surface area contributed by atoms with E-state index in [4.69, 9.17) is 0 Å². The first-order valence-corrected chi connectivity index (χ1v) is 8.49. The summed E-state index contributed by atoms with van der Waals surface area (Å²) in [5.74, 6) is 1.81. The van der Waals surface area contributed by atoms with Gasteiger partial charge in [-0.05, 0) is 68.9 Å². The lowest BCUT2D eigenvalue weighted by molar-refractivity contribution is 0.148. The molecular weight excluding hydrogens is 232 g/mol. The van der Waals surface area contributed by atoms with Gasteiger partial charge in [-0.1, -0.05) is 20.8 Å². The van der Waals surface area contributed by atoms with E-state index in [1.165, 1.54) is 58.2 Å². The van der Waals surface area contributed by atoms with Gasteiger partial charge in [0.2, 0.25) is 0 Å². The largest absolute Gasteiger partial charge is 0.314 e. The first-order valence-electron chi connectivity index (χ1n) is 8.49. The molecule has 110 valence electrons. The summed E-state index contributed by atoms with van der Waals surface area (Å²) in [6.45, 7) is 11.3. The van der Waals surface area contributed by atoms with Crippen LogP contribution >= 0.6 is 0 Å². The van der Waals surface area contributed by atoms with E-state index >= 15 is 0 Å². The summed E-state index contributed by atoms with van der Waals surface area (Å²) in [6.07, 6.45) is 8.53. The van der Waals surface area contributed by atoms with Crippen molar-refractivity contribution >= 4 is 0 Å². The van der Waals surface area contributed by atoms with Crippen LogP contribution in [0.1, 0.15) is 59.3 Å². The molecule has 1 heterocycles. The van der Waals surface area contributed by atoms with E-state index in [2.05, 4.69) is 31.0 Å². The Kier molecular flexibility index (Phi) is 3.92. The highest BCUT2D eigenvalue weighted by molar-refractivity contribution is 4.91. The highest BCUT2D eigenvalue weighted by atomic mass is 15.2. The van der Waals surface area contributed by atoms with Crippen LogP contribution in [-0.2, 0) is 0 Å². The van der Waals surface area contributed by atoms with Gasteiger partial charge in [-0.2, -0.15) is 0 Å². The molecule has 2 aliphatic carbocycles. The maximum Gasteiger partial charge on any atom is 0.00965 e. The molecule has 0 aromatic carbocycles. The summed E-state index contributed by atoms with van der Waals surface area (Å²) < 4.78 is 0. The van der Waals surface area contributed by atoms with Crippen molar-refractivity contribution in [2.24, 2.45) is 17.3 Å². The van der Waals surface area contributed by atoms with E-state index in [0.717, 1.165) is 23.9 Å². The van der Waals surface area contributed by atoms with Gasteiger partial charge < -0.3 is 10.2 Å². The molecule has 1 saturated heterocycles. The number of rotatable bonds is 4. The molecule has 0 spiro atoms. The van der Waals surface area contributed by atoms with Crippen molar-refractivity contribution in [1.82, 2.24) is 10.2 Å². The van der Waals surface area contributed by atoms with E-state index in [9.17, 15) is 0 Å². The second-order valence-corrected chi connectivity index (χ2v) is 8.40. The van der Waals surface area contributed by atoms with Crippen LogP contribution in [0.25, 0.3) is 0 Å². The second-order valence-electron chi connectivity index (χ2n) is 8.40. The zero-order valence-electron chi connectivity index (χ0n) is 13.1. The van der Waals surface area contributed by atoms with Gasteiger partial charge in [-0.25, -0.2) is 0 Å². The first-order chi connectivity index (χ1) is 9.02. The van der Waals surface area contributed by atoms with E-state index < -0.39 is 0 Å². The maximum atomic E-state index is 3.90. The molecule has 0 bridgehead atoms. The minimum absolute atomic E-state index is 0.547. The highest BCUT2D eigenvalue weighted by Gasteiger charge is 2.35. The molecule has 2 heteroatoms. The fourth-order valence-electron chi connectivity index (χ4n) is 4.64. The molecule has 3 unspecified atom stereocenters. The Bertz CT molecular complexity index is 308. The predicted molar refractivity (Wildman–Crippen MR) is 81.3 cm³/mol. The molecule has 0 radical (unpaired) electrons. The molecular formula is C17H32N2. The standard InChI is InChI=1S/C17H32N2/c1-13-8-15(10-17(2,3)9-13)18-11-14-6-7-19(12-14)16-4-5-16/h13-16,18H,4-12H2,1-3H3. The van der Waals surface area contributed by atoms with E-state index in [0.29, 0.717) is 5.41 Å². The number of hydrogen-bond donors (Lipinski definition) is 1. The molecule has 19 heavy (non-hydrogen) atoms. The maximum absolute atomic E-state index is 3.90. The average Bonchev–Trinajstić information content (AvgIpc) is 3.04. The van der Waals surface area contributed by atoms with Crippen molar-refractivity contribution < 1.29 is 0 Å². The molecule has 1 aliphatic heterocycles. The number of likely N-dealkylation sites (tertiary alicyclic amines) is 1. The van der Waals surface area contributed by atoms with Gasteiger partial charge in [-0.15, -0.1) is 0 Å². The van der Waals surface area contributed by atoms with Gasteiger partial charge in [0.05, 0.1) is 0 Å². The Labute approximate surface area is 119 Å². The fraction of sp³-hybridized carbons (Fsp3) is 1.00. The Hall–Kier alpha value is -0.0800. The quantitative estimate of drug-likeness (QED) is 0.838. The molecule has 3 atom stereocenters. The summed E-state index contributed by atoms with van der Waals surface area (Å²) >= 11 is 0. The highest BCUT2D eigenvalue weighted by Crippen LogP contribution is 2.38. The molecule has 2 nitrogen and oxygen atoms in total. The van der Waals surface area contributed by atoms with Crippen molar-refractivity contribution in [3.63, 3.8) is 0 Å². The molecule has 0 aromatic rings. The van der Waals surface area contributed by atoms with Crippen LogP contribution in [0.4, 0.5) is 0 Å². The smallest absolute Gasteiger partial charge is 0.00965 e. The molecule has 3 fully saturated rings. The van der Waals surface area contributed by atoms with E-state index in [1.807, 2.05) is 0 Å². The number of nitrogens with one attached hydrogen (secondary N) is 1. The Morgan fingerprint density at radius 1 is 1.16 bits per heavy atom. The number of hydrogen-bond acceptors (Lipinski definition) is 2. The number of nitrogens with zero attached hydrogens (tertiary/aromatic N) is 1. The van der Waals surface area contributed by atoms with E-state index in [1.54, 1.807) is 0 Å². The SMILES string of the molecule is CC1CC(NCC2CCN(C3CC3)C2)CC(C)(C)C1. The Morgan fingerprint density at radius 2 is 1.95 bits per heavy atom. The van der Waals surface area contributed by atoms with Crippen LogP contribution < -0.4 is 5.32 Å². The van der Waals surface area contributed by atoms with Gasteiger partial charge in [0, 0.05) is 18.6 Å². The Morgan fingerprint density at radius 3 is 2.63 bits per heavy atom. The van der Waals surface area contributed by atoms with E-state index in [-0.39, 0.29) is 0 Å². The zero-order valence-corrected chi connectivity index (χ0v) is 13.1. The predicted octanol–water partition coefficient (Wildman–Crippen LogP) is 3.28. The van der Waals surface area contributed by atoms with Crippen molar-refractivity contribution in [3.8, 4) is 0 Å². The molecule has 3 rings (SSSR count). The monoisotopic (exact) mass is 264 g/mol. The summed E-state index contributed by atoms with van der Waals surface area (Å²) in [4.78, 5) is 2.74. The third-order valence-corrected chi connectivity index (χ3v) is 5.46. The van der Waals surface area contributed by atoms with Crippen molar-refractivity contribution in [1.29, 1.82) is 0 Å². The molecule has 0 aromatic heterocycles. The van der Waals surface area contributed by atoms with Crippen LogP contribution in [0.5, 0.6) is 0 Å². The van der Waals surface area contributed by atoms with Gasteiger partial charge in [0.25, 0.3) is 0 Å². The summed E-state index contributed by atoms with van der Waals surface area (Å²) in [5, 5.41) is 3.90. The van der Waals surface area contributed by atoms with Gasteiger partial charge >= 0.3 is 0 Å². The van der Waals surface area contributed by atoms with Gasteiger partial charge in [0.15, 0.2) is 0 Å². The third-order valence-electron chi connectivity index (χ3n) is 5.46. The minimum Gasteiger partial charge on any atom is -0.314 e. The van der Waals surface area contributed by atoms with Crippen LogP contribution in [0, 0.1) is 17.3 Å². The third kappa shape index (κ3) is 3.72. The lowest BCUT2D eigenvalue weighted by atomic mass is 9.70. The summed E-state index contributed by atoms with van der Waals surface area (Å²) in [5.41, 5.74) is 0.547. The van der Waals surface area contributed by atoms with Gasteiger partial charge in [0.1, 0.15) is 0 Å². The topological polar surface area (TPSA) is 15.3 Å². The minimum atomic E-state index is 0.547. The van der Waals surface area contributed by atoms with Crippen LogP contribution in [0.2, 0.25) is 0 Å². The second kappa shape index (κ2) is 5.37. The molecule has 0 amide bonds. The normalized spacial score (nSPS) is 39.6. The van der Waals surface area contributed by atoms with Gasteiger partial charge in [-0.3, -0.25) is 0 Å². The van der Waals surface area contributed by atoms with Crippen molar-refractivity contribution in [2.45, 2.75) is 71.4 Å². The van der Waals surface area contributed by atoms with Crippen LogP contribution in [0.3, 0.4) is 0 Å². The fourth-order valence-corrected chi connectivity index (χ4v) is 4.64. The summed E-state index contributed by atoms with van der Waals surface area (Å²) in [7, 11) is 0. The van der Waals surface area contributed by atoms with Crippen LogP contribution in [-0.4, -0.2) is 36.6 Å². The lowest BCUT2D eigenvalue weighted by Crippen LogP contribution is -2.42. The summed E-state index contributed by atoms with van der Waals surface area (Å²) in [6, 6.07) is 1.74. The van der Waals surface area contributed by atoms with Crippen molar-refractivity contribution in [2.75, 3.05) is 19.6 Å². The Balaban J connectivity index is 1.42. The molecule has 1 N–H and O–H groups in total. The first kappa shape index (κ1) is 13.9. The van der Waals surface area contributed by atoms with Crippen LogP contribution in [0.15, 0.2) is 0 Å². The zero-order chi connectivity index (χ0) is 13.5. The van der Waals surface area contributed by atoms with Crippen molar-refractivity contribution in [3.05, 3.63) is 0 Å². The molecule has 3 aliphatic rings. The molecule has 2 saturated carbocycles.